The Labute approximate surface area is 115 Å². The Hall–Kier alpha value is -1.35. The van der Waals surface area contributed by atoms with E-state index in [9.17, 15) is 9.90 Å². The standard InChI is InChI=1S/C16H23NO2/c1-10(2)14-7-5-6-11(3)16(14)17-12(4)13(9-18)8-15(17)19/h5-7,10,12-13,18H,8-9H2,1-4H3. The largest absolute Gasteiger partial charge is 0.396 e. The number of rotatable bonds is 3. The first-order valence-electron chi connectivity index (χ1n) is 6.99. The molecule has 1 aliphatic heterocycles. The molecule has 104 valence electrons. The molecule has 0 bridgehead atoms. The lowest BCUT2D eigenvalue weighted by Crippen LogP contribution is -2.35. The van der Waals surface area contributed by atoms with Crippen LogP contribution in [0.3, 0.4) is 0 Å². The maximum atomic E-state index is 12.3. The molecule has 1 fully saturated rings. The van der Waals surface area contributed by atoms with Gasteiger partial charge in [-0.1, -0.05) is 32.0 Å². The van der Waals surface area contributed by atoms with Gasteiger partial charge in [0.1, 0.15) is 0 Å². The Kier molecular flexibility index (Phi) is 3.95. The summed E-state index contributed by atoms with van der Waals surface area (Å²) in [5.41, 5.74) is 3.38. The van der Waals surface area contributed by atoms with Crippen molar-refractivity contribution in [2.75, 3.05) is 11.5 Å². The number of para-hydroxylation sites is 1. The first-order valence-corrected chi connectivity index (χ1v) is 6.99. The van der Waals surface area contributed by atoms with Crippen molar-refractivity contribution in [3.05, 3.63) is 29.3 Å². The number of carbonyl (C=O) groups is 1. The van der Waals surface area contributed by atoms with Crippen molar-refractivity contribution in [1.29, 1.82) is 0 Å². The first-order chi connectivity index (χ1) is 8.97. The number of aryl methyl sites for hydroxylation is 1. The predicted octanol–water partition coefficient (Wildman–Crippen LogP) is 2.85. The molecule has 0 aromatic heterocycles. The Morgan fingerprint density at radius 1 is 1.42 bits per heavy atom. The molecule has 1 aromatic rings. The second-order valence-electron chi connectivity index (χ2n) is 5.82. The van der Waals surface area contributed by atoms with Crippen LogP contribution in [0, 0.1) is 12.8 Å². The van der Waals surface area contributed by atoms with Crippen LogP contribution < -0.4 is 4.90 Å². The SMILES string of the molecule is Cc1cccc(C(C)C)c1N1C(=O)CC(CO)C1C. The molecule has 2 rings (SSSR count). The van der Waals surface area contributed by atoms with E-state index < -0.39 is 0 Å². The van der Waals surface area contributed by atoms with Gasteiger partial charge in [0.2, 0.25) is 5.91 Å². The minimum Gasteiger partial charge on any atom is -0.396 e. The third-order valence-electron chi connectivity index (χ3n) is 4.16. The van der Waals surface area contributed by atoms with Crippen LogP contribution in [0.4, 0.5) is 5.69 Å². The maximum absolute atomic E-state index is 12.3. The molecule has 0 aliphatic carbocycles. The van der Waals surface area contributed by atoms with E-state index in [1.54, 1.807) is 0 Å². The second kappa shape index (κ2) is 5.33. The highest BCUT2D eigenvalue weighted by Crippen LogP contribution is 2.37. The molecule has 1 N–H and O–H groups in total. The number of hydrogen-bond donors (Lipinski definition) is 1. The van der Waals surface area contributed by atoms with Crippen molar-refractivity contribution < 1.29 is 9.90 Å². The molecule has 1 heterocycles. The Morgan fingerprint density at radius 3 is 2.63 bits per heavy atom. The molecule has 0 spiro atoms. The summed E-state index contributed by atoms with van der Waals surface area (Å²) in [6.45, 7) is 8.45. The fourth-order valence-corrected chi connectivity index (χ4v) is 2.95. The van der Waals surface area contributed by atoms with E-state index in [1.807, 2.05) is 30.9 Å². The fraction of sp³-hybridized carbons (Fsp3) is 0.562. The highest BCUT2D eigenvalue weighted by molar-refractivity contribution is 5.98. The summed E-state index contributed by atoms with van der Waals surface area (Å²) in [6, 6.07) is 6.26. The quantitative estimate of drug-likeness (QED) is 0.909. The monoisotopic (exact) mass is 261 g/mol. The Morgan fingerprint density at radius 2 is 2.11 bits per heavy atom. The highest BCUT2D eigenvalue weighted by atomic mass is 16.3. The predicted molar refractivity (Wildman–Crippen MR) is 77.4 cm³/mol. The number of hydrogen-bond acceptors (Lipinski definition) is 2. The molecule has 1 amide bonds. The number of carbonyl (C=O) groups excluding carboxylic acids is 1. The third kappa shape index (κ3) is 2.39. The normalized spacial score (nSPS) is 23.5. The molecule has 3 heteroatoms. The van der Waals surface area contributed by atoms with Crippen LogP contribution in [-0.4, -0.2) is 23.7 Å². The van der Waals surface area contributed by atoms with Crippen LogP contribution in [0.5, 0.6) is 0 Å². The maximum Gasteiger partial charge on any atom is 0.227 e. The van der Waals surface area contributed by atoms with E-state index in [-0.39, 0.29) is 24.5 Å². The van der Waals surface area contributed by atoms with Crippen molar-refractivity contribution in [3.8, 4) is 0 Å². The zero-order valence-electron chi connectivity index (χ0n) is 12.2. The second-order valence-corrected chi connectivity index (χ2v) is 5.82. The van der Waals surface area contributed by atoms with Crippen LogP contribution in [0.15, 0.2) is 18.2 Å². The van der Waals surface area contributed by atoms with E-state index in [1.165, 1.54) is 5.56 Å². The summed E-state index contributed by atoms with van der Waals surface area (Å²) in [5, 5.41) is 9.39. The number of nitrogens with zero attached hydrogens (tertiary/aromatic N) is 1. The highest BCUT2D eigenvalue weighted by Gasteiger charge is 2.38. The molecular formula is C16H23NO2. The zero-order valence-corrected chi connectivity index (χ0v) is 12.2. The topological polar surface area (TPSA) is 40.5 Å². The van der Waals surface area contributed by atoms with Crippen LogP contribution in [0.2, 0.25) is 0 Å². The summed E-state index contributed by atoms with van der Waals surface area (Å²) >= 11 is 0. The van der Waals surface area contributed by atoms with Crippen molar-refractivity contribution >= 4 is 11.6 Å². The molecule has 0 saturated carbocycles. The average molecular weight is 261 g/mol. The molecule has 0 radical (unpaired) electrons. The van der Waals surface area contributed by atoms with Crippen LogP contribution in [0.25, 0.3) is 0 Å². The number of benzene rings is 1. The Bertz CT molecular complexity index is 482. The molecule has 1 saturated heterocycles. The average Bonchev–Trinajstić information content (AvgIpc) is 2.64. The van der Waals surface area contributed by atoms with Gasteiger partial charge in [-0.05, 0) is 30.9 Å². The summed E-state index contributed by atoms with van der Waals surface area (Å²) in [6.07, 6.45) is 0.448. The van der Waals surface area contributed by atoms with Gasteiger partial charge in [-0.3, -0.25) is 4.79 Å². The summed E-state index contributed by atoms with van der Waals surface area (Å²) in [5.74, 6) is 0.554. The van der Waals surface area contributed by atoms with Crippen molar-refractivity contribution in [2.24, 2.45) is 5.92 Å². The van der Waals surface area contributed by atoms with Gasteiger partial charge in [0, 0.05) is 25.0 Å². The molecular weight excluding hydrogens is 238 g/mol. The van der Waals surface area contributed by atoms with Crippen molar-refractivity contribution in [2.45, 2.75) is 46.1 Å². The van der Waals surface area contributed by atoms with Gasteiger partial charge >= 0.3 is 0 Å². The number of aliphatic hydroxyl groups excluding tert-OH is 1. The van der Waals surface area contributed by atoms with Gasteiger partial charge in [-0.2, -0.15) is 0 Å². The van der Waals surface area contributed by atoms with Gasteiger partial charge in [0.05, 0.1) is 5.69 Å². The Balaban J connectivity index is 2.50. The van der Waals surface area contributed by atoms with Crippen LogP contribution in [0.1, 0.15) is 44.2 Å². The summed E-state index contributed by atoms with van der Waals surface area (Å²) < 4.78 is 0. The minimum atomic E-state index is 0.0483. The van der Waals surface area contributed by atoms with Gasteiger partial charge < -0.3 is 10.0 Å². The van der Waals surface area contributed by atoms with E-state index in [2.05, 4.69) is 19.9 Å². The molecule has 2 atom stereocenters. The van der Waals surface area contributed by atoms with Gasteiger partial charge in [-0.15, -0.1) is 0 Å². The first kappa shape index (κ1) is 14.1. The summed E-state index contributed by atoms with van der Waals surface area (Å²) in [7, 11) is 0. The van der Waals surface area contributed by atoms with Crippen molar-refractivity contribution in [3.63, 3.8) is 0 Å². The van der Waals surface area contributed by atoms with Crippen LogP contribution in [-0.2, 0) is 4.79 Å². The lowest BCUT2D eigenvalue weighted by atomic mass is 9.96. The molecule has 1 aromatic carbocycles. The zero-order chi connectivity index (χ0) is 14.2. The number of amides is 1. The number of aliphatic hydroxyl groups is 1. The lowest BCUT2D eigenvalue weighted by molar-refractivity contribution is -0.117. The lowest BCUT2D eigenvalue weighted by Gasteiger charge is -2.29. The van der Waals surface area contributed by atoms with Gasteiger partial charge in [0.25, 0.3) is 0 Å². The molecule has 2 unspecified atom stereocenters. The van der Waals surface area contributed by atoms with E-state index >= 15 is 0 Å². The van der Waals surface area contributed by atoms with E-state index in [0.717, 1.165) is 11.3 Å². The number of anilines is 1. The fourth-order valence-electron chi connectivity index (χ4n) is 2.95. The molecule has 19 heavy (non-hydrogen) atoms. The van der Waals surface area contributed by atoms with Gasteiger partial charge in [0.15, 0.2) is 0 Å². The van der Waals surface area contributed by atoms with E-state index in [4.69, 9.17) is 0 Å². The smallest absolute Gasteiger partial charge is 0.227 e. The van der Waals surface area contributed by atoms with Crippen molar-refractivity contribution in [1.82, 2.24) is 0 Å². The van der Waals surface area contributed by atoms with E-state index in [0.29, 0.717) is 12.3 Å². The van der Waals surface area contributed by atoms with Crippen LogP contribution >= 0.6 is 0 Å². The molecule has 3 nitrogen and oxygen atoms in total. The van der Waals surface area contributed by atoms with Gasteiger partial charge in [-0.25, -0.2) is 0 Å². The third-order valence-corrected chi connectivity index (χ3v) is 4.16. The minimum absolute atomic E-state index is 0.0483. The summed E-state index contributed by atoms with van der Waals surface area (Å²) in [4.78, 5) is 14.2. The molecule has 1 aliphatic rings.